The molecule has 6 rings (SSSR count). The van der Waals surface area contributed by atoms with Crippen LogP contribution in [0.3, 0.4) is 0 Å². The van der Waals surface area contributed by atoms with Gasteiger partial charge in [-0.2, -0.15) is 0 Å². The van der Waals surface area contributed by atoms with Gasteiger partial charge in [0.25, 0.3) is 12.4 Å². The number of carboxylic acid groups (broad SMARTS) is 1. The first-order valence-corrected chi connectivity index (χ1v) is 12.8. The van der Waals surface area contributed by atoms with Crippen LogP contribution in [0.15, 0.2) is 59.5 Å². The van der Waals surface area contributed by atoms with Crippen LogP contribution in [0.1, 0.15) is 15.9 Å². The average molecular weight is 472 g/mol. The van der Waals surface area contributed by atoms with Crippen LogP contribution in [-0.2, 0) is 20.0 Å². The van der Waals surface area contributed by atoms with Gasteiger partial charge >= 0.3 is 0 Å². The Kier molecular flexibility index (Phi) is 6.56. The second-order valence-electron chi connectivity index (χ2n) is 9.11. The largest absolute Gasteiger partial charge is 0.483 e. The molecule has 1 amide bonds. The van der Waals surface area contributed by atoms with Crippen molar-refractivity contribution in [2.45, 2.75) is 16.4 Å². The molecule has 4 aliphatic rings. The molecule has 0 saturated carbocycles. The average Bonchev–Trinajstić information content (AvgIpc) is 3.05. The van der Waals surface area contributed by atoms with Crippen molar-refractivity contribution in [3.8, 4) is 0 Å². The molecule has 9 heteroatoms. The van der Waals surface area contributed by atoms with Crippen LogP contribution in [-0.4, -0.2) is 87.3 Å². The molecule has 2 N–H and O–H groups in total. The van der Waals surface area contributed by atoms with Crippen LogP contribution < -0.4 is 5.32 Å². The first-order valence-electron chi connectivity index (χ1n) is 11.0. The molecule has 4 fully saturated rings. The van der Waals surface area contributed by atoms with Crippen LogP contribution in [0.2, 0.25) is 0 Å². The third-order valence-corrected chi connectivity index (χ3v) is 8.07. The molecule has 33 heavy (non-hydrogen) atoms. The zero-order valence-corrected chi connectivity index (χ0v) is 19.4. The summed E-state index contributed by atoms with van der Waals surface area (Å²) in [4.78, 5) is 26.9. The summed E-state index contributed by atoms with van der Waals surface area (Å²) in [5.74, 6) is 0.147. The summed E-state index contributed by atoms with van der Waals surface area (Å²) < 4.78 is 23.9. The molecule has 176 valence electrons. The highest BCUT2D eigenvalue weighted by molar-refractivity contribution is 7.90. The Bertz CT molecular complexity index is 1110. The number of sulfone groups is 1. The summed E-state index contributed by atoms with van der Waals surface area (Å²) in [6, 6.07) is 16.9. The molecule has 4 heterocycles. The molecule has 2 aromatic carbocycles. The molecule has 0 aromatic heterocycles. The van der Waals surface area contributed by atoms with E-state index < -0.39 is 9.84 Å². The number of rotatable bonds is 4. The van der Waals surface area contributed by atoms with E-state index in [1.54, 1.807) is 12.1 Å². The van der Waals surface area contributed by atoms with Gasteiger partial charge in [-0.3, -0.25) is 9.59 Å². The molecule has 2 aromatic rings. The predicted octanol–water partition coefficient (Wildman–Crippen LogP) is 1.09. The molecular formula is C24H29N3O5S. The van der Waals surface area contributed by atoms with Gasteiger partial charge in [0.05, 0.1) is 4.90 Å². The monoisotopic (exact) mass is 471 g/mol. The highest BCUT2D eigenvalue weighted by Gasteiger charge is 2.55. The molecule has 4 bridgehead atoms. The minimum absolute atomic E-state index is 0.0138. The molecule has 3 atom stereocenters. The summed E-state index contributed by atoms with van der Waals surface area (Å²) in [5.41, 5.74) is 1.50. The van der Waals surface area contributed by atoms with E-state index in [0.717, 1.165) is 39.3 Å². The number of fused-ring (bicyclic) bond motifs is 1. The van der Waals surface area contributed by atoms with Gasteiger partial charge < -0.3 is 20.2 Å². The van der Waals surface area contributed by atoms with Crippen molar-refractivity contribution in [2.24, 2.45) is 5.92 Å². The van der Waals surface area contributed by atoms with Gasteiger partial charge in [0.15, 0.2) is 9.84 Å². The highest BCUT2D eigenvalue weighted by Crippen LogP contribution is 2.43. The van der Waals surface area contributed by atoms with Gasteiger partial charge in [0.2, 0.25) is 0 Å². The van der Waals surface area contributed by atoms with Gasteiger partial charge in [0.1, 0.15) is 0 Å². The molecule has 0 radical (unpaired) electrons. The lowest BCUT2D eigenvalue weighted by atomic mass is 9.64. The maximum absolute atomic E-state index is 13.2. The first kappa shape index (κ1) is 23.4. The van der Waals surface area contributed by atoms with E-state index in [9.17, 15) is 13.2 Å². The fourth-order valence-corrected chi connectivity index (χ4v) is 6.33. The SMILES string of the molecule is CS(=O)(=O)c1cccc(C(=O)NC2C3CN4CCN(C3)CC2(c2ccccc2)C4)c1.O=CO. The topological polar surface area (TPSA) is 107 Å². The molecule has 4 saturated heterocycles. The van der Waals surface area contributed by atoms with Gasteiger partial charge in [-0.05, 0) is 23.8 Å². The van der Waals surface area contributed by atoms with E-state index >= 15 is 0 Å². The fourth-order valence-electron chi connectivity index (χ4n) is 5.66. The van der Waals surface area contributed by atoms with E-state index in [2.05, 4.69) is 39.4 Å². The number of nitrogens with zero attached hydrogens (tertiary/aromatic N) is 2. The number of carbonyl (C=O) groups is 2. The van der Waals surface area contributed by atoms with Crippen molar-refractivity contribution >= 4 is 22.2 Å². The van der Waals surface area contributed by atoms with E-state index in [1.165, 1.54) is 24.0 Å². The quantitative estimate of drug-likeness (QED) is 0.643. The van der Waals surface area contributed by atoms with Crippen LogP contribution in [0, 0.1) is 5.92 Å². The van der Waals surface area contributed by atoms with Crippen LogP contribution in [0.4, 0.5) is 0 Å². The number of benzene rings is 2. The minimum Gasteiger partial charge on any atom is -0.483 e. The number of piperidine rings is 2. The van der Waals surface area contributed by atoms with Crippen molar-refractivity contribution in [1.82, 2.24) is 15.1 Å². The van der Waals surface area contributed by atoms with Gasteiger partial charge in [-0.25, -0.2) is 8.42 Å². The zero-order chi connectivity index (χ0) is 23.6. The molecule has 0 aliphatic carbocycles. The first-order chi connectivity index (χ1) is 15.8. The summed E-state index contributed by atoms with van der Waals surface area (Å²) in [5, 5.41) is 10.2. The number of carbonyl (C=O) groups excluding carboxylic acids is 1. The Morgan fingerprint density at radius 3 is 2.24 bits per heavy atom. The number of nitrogens with one attached hydrogen (secondary N) is 1. The fraction of sp³-hybridized carbons (Fsp3) is 0.417. The lowest BCUT2D eigenvalue weighted by molar-refractivity contribution is -0.122. The van der Waals surface area contributed by atoms with Gasteiger partial charge in [-0.15, -0.1) is 0 Å². The van der Waals surface area contributed by atoms with Crippen LogP contribution in [0.25, 0.3) is 0 Å². The normalized spacial score (nSPS) is 30.0. The van der Waals surface area contributed by atoms with Crippen molar-refractivity contribution in [1.29, 1.82) is 0 Å². The summed E-state index contributed by atoms with van der Waals surface area (Å²) >= 11 is 0. The smallest absolute Gasteiger partial charge is 0.290 e. The third kappa shape index (κ3) is 4.66. The molecule has 8 nitrogen and oxygen atoms in total. The standard InChI is InChI=1S/C23H27N3O3S.CH2O2/c1-30(28,29)20-9-5-6-17(12-20)22(27)24-21-18-13-25-10-11-26(14-18)16-23(21,15-25)19-7-3-2-4-8-19;2-1-3/h2-9,12,18,21H,10-11,13-16H2,1H3,(H,24,27);1H,(H,2,3). The van der Waals surface area contributed by atoms with E-state index in [0.29, 0.717) is 11.5 Å². The van der Waals surface area contributed by atoms with Crippen LogP contribution >= 0.6 is 0 Å². The van der Waals surface area contributed by atoms with Crippen LogP contribution in [0.5, 0.6) is 0 Å². The minimum atomic E-state index is -3.36. The molecule has 3 unspecified atom stereocenters. The Morgan fingerprint density at radius 1 is 1.06 bits per heavy atom. The van der Waals surface area contributed by atoms with Crippen molar-refractivity contribution < 1.29 is 23.1 Å². The maximum atomic E-state index is 13.2. The Morgan fingerprint density at radius 2 is 1.67 bits per heavy atom. The second-order valence-corrected chi connectivity index (χ2v) is 11.1. The molecule has 0 spiro atoms. The Balaban J connectivity index is 0.000000821. The van der Waals surface area contributed by atoms with E-state index in [4.69, 9.17) is 9.90 Å². The lowest BCUT2D eigenvalue weighted by Crippen LogP contribution is -2.70. The van der Waals surface area contributed by atoms with Gasteiger partial charge in [-0.1, -0.05) is 36.4 Å². The molecule has 4 aliphatic heterocycles. The Labute approximate surface area is 194 Å². The number of amides is 1. The molecular weight excluding hydrogens is 442 g/mol. The second kappa shape index (κ2) is 9.24. The van der Waals surface area contributed by atoms with Crippen molar-refractivity contribution in [3.63, 3.8) is 0 Å². The zero-order valence-electron chi connectivity index (χ0n) is 18.6. The Hall–Kier alpha value is -2.75. The number of hydrogen-bond acceptors (Lipinski definition) is 6. The lowest BCUT2D eigenvalue weighted by Gasteiger charge is -2.55. The highest BCUT2D eigenvalue weighted by atomic mass is 32.2. The van der Waals surface area contributed by atoms with Crippen molar-refractivity contribution in [3.05, 3.63) is 65.7 Å². The maximum Gasteiger partial charge on any atom is 0.290 e. The third-order valence-electron chi connectivity index (χ3n) is 6.96. The van der Waals surface area contributed by atoms with E-state index in [1.807, 2.05) is 6.07 Å². The van der Waals surface area contributed by atoms with Gasteiger partial charge in [0, 0.05) is 68.5 Å². The summed E-state index contributed by atoms with van der Waals surface area (Å²) in [6.45, 7) is 5.72. The predicted molar refractivity (Wildman–Crippen MR) is 124 cm³/mol. The summed E-state index contributed by atoms with van der Waals surface area (Å²) in [6.07, 6.45) is 1.17. The summed E-state index contributed by atoms with van der Waals surface area (Å²) in [7, 11) is -3.36. The number of hydrogen-bond donors (Lipinski definition) is 2. The van der Waals surface area contributed by atoms with Crippen molar-refractivity contribution in [2.75, 3.05) is 45.5 Å². The van der Waals surface area contributed by atoms with E-state index in [-0.39, 0.29) is 28.7 Å².